The molecular formula is C24H29F2N3O4S. The predicted molar refractivity (Wildman–Crippen MR) is 123 cm³/mol. The van der Waals surface area contributed by atoms with Crippen molar-refractivity contribution < 1.29 is 28.2 Å². The molecule has 1 aromatic heterocycles. The van der Waals surface area contributed by atoms with Crippen LogP contribution in [0, 0.1) is 11.6 Å². The van der Waals surface area contributed by atoms with Crippen LogP contribution in [0.5, 0.6) is 0 Å². The van der Waals surface area contributed by atoms with Crippen molar-refractivity contribution in [1.82, 2.24) is 15.2 Å². The number of likely N-dealkylation sites (tertiary alicyclic amines) is 1. The third kappa shape index (κ3) is 5.45. The van der Waals surface area contributed by atoms with E-state index >= 15 is 0 Å². The van der Waals surface area contributed by atoms with Gasteiger partial charge in [0.15, 0.2) is 5.01 Å². The molecule has 0 radical (unpaired) electrons. The summed E-state index contributed by atoms with van der Waals surface area (Å²) in [5.74, 6) is -2.24. The van der Waals surface area contributed by atoms with Crippen molar-refractivity contribution in [3.63, 3.8) is 0 Å². The molecular weight excluding hydrogens is 464 g/mol. The predicted octanol–water partition coefficient (Wildman–Crippen LogP) is 3.52. The van der Waals surface area contributed by atoms with E-state index < -0.39 is 28.7 Å². The van der Waals surface area contributed by atoms with Gasteiger partial charge in [0.25, 0.3) is 5.91 Å². The monoisotopic (exact) mass is 493 g/mol. The second kappa shape index (κ2) is 9.67. The van der Waals surface area contributed by atoms with Crippen LogP contribution in [0.4, 0.5) is 8.78 Å². The van der Waals surface area contributed by atoms with E-state index in [1.54, 1.807) is 6.92 Å². The van der Waals surface area contributed by atoms with E-state index in [4.69, 9.17) is 4.74 Å². The van der Waals surface area contributed by atoms with Crippen molar-refractivity contribution in [3.8, 4) is 10.4 Å². The summed E-state index contributed by atoms with van der Waals surface area (Å²) < 4.78 is 32.5. The molecule has 1 saturated heterocycles. The number of carbonyl (C=O) groups is 2. The van der Waals surface area contributed by atoms with Gasteiger partial charge in [0.1, 0.15) is 11.6 Å². The summed E-state index contributed by atoms with van der Waals surface area (Å²) in [4.78, 5) is 32.1. The lowest BCUT2D eigenvalue weighted by Gasteiger charge is -2.54. The summed E-state index contributed by atoms with van der Waals surface area (Å²) in [5.41, 5.74) is -1.25. The maximum absolute atomic E-state index is 14.1. The molecule has 2 N–H and O–H groups in total. The van der Waals surface area contributed by atoms with Crippen molar-refractivity contribution >= 4 is 23.2 Å². The number of amides is 1. The van der Waals surface area contributed by atoms with Crippen LogP contribution < -0.4 is 5.32 Å². The van der Waals surface area contributed by atoms with Crippen LogP contribution in [0.2, 0.25) is 0 Å². The smallest absolute Gasteiger partial charge is 0.308 e. The number of ether oxygens (including phenoxy) is 1. The molecule has 2 heterocycles. The van der Waals surface area contributed by atoms with Crippen LogP contribution in [-0.4, -0.2) is 63.7 Å². The third-order valence-electron chi connectivity index (χ3n) is 6.62. The number of nitrogens with one attached hydrogen (secondary N) is 1. The number of hydrogen-bond acceptors (Lipinski definition) is 7. The zero-order valence-electron chi connectivity index (χ0n) is 19.3. The first-order chi connectivity index (χ1) is 16.1. The summed E-state index contributed by atoms with van der Waals surface area (Å²) >= 11 is 1.00. The Labute approximate surface area is 201 Å². The van der Waals surface area contributed by atoms with Gasteiger partial charge in [-0.2, -0.15) is 0 Å². The van der Waals surface area contributed by atoms with E-state index in [1.807, 2.05) is 6.92 Å². The Morgan fingerprint density at radius 1 is 1.29 bits per heavy atom. The van der Waals surface area contributed by atoms with E-state index in [9.17, 15) is 23.5 Å². The molecule has 1 saturated carbocycles. The maximum atomic E-state index is 14.1. The fraction of sp³-hybridized carbons (Fsp3) is 0.542. The number of thiazole rings is 1. The molecule has 1 aliphatic carbocycles. The highest BCUT2D eigenvalue weighted by Crippen LogP contribution is 2.36. The van der Waals surface area contributed by atoms with Crippen LogP contribution in [0.15, 0.2) is 24.4 Å². The highest BCUT2D eigenvalue weighted by molar-refractivity contribution is 7.17. The Bertz CT molecular complexity index is 1060. The minimum absolute atomic E-state index is 0.0400. The van der Waals surface area contributed by atoms with Gasteiger partial charge in [-0.05, 0) is 51.7 Å². The zero-order chi connectivity index (χ0) is 24.5. The van der Waals surface area contributed by atoms with E-state index in [-0.39, 0.29) is 29.6 Å². The Morgan fingerprint density at radius 3 is 2.65 bits per heavy atom. The average molecular weight is 494 g/mol. The summed E-state index contributed by atoms with van der Waals surface area (Å²) in [5, 5.41) is 13.3. The lowest BCUT2D eigenvalue weighted by Crippen LogP contribution is -2.73. The quantitative estimate of drug-likeness (QED) is 0.574. The largest absolute Gasteiger partial charge is 0.466 e. The maximum Gasteiger partial charge on any atom is 0.308 e. The fourth-order valence-corrected chi connectivity index (χ4v) is 5.63. The molecule has 2 fully saturated rings. The molecule has 0 atom stereocenters. The minimum atomic E-state index is -0.781. The molecule has 0 unspecified atom stereocenters. The van der Waals surface area contributed by atoms with Gasteiger partial charge in [-0.15, -0.1) is 11.3 Å². The fourth-order valence-electron chi connectivity index (χ4n) is 4.79. The number of benzene rings is 1. The molecule has 10 heteroatoms. The molecule has 184 valence electrons. The molecule has 34 heavy (non-hydrogen) atoms. The van der Waals surface area contributed by atoms with E-state index in [2.05, 4.69) is 15.2 Å². The third-order valence-corrected chi connectivity index (χ3v) is 7.65. The second-order valence-electron chi connectivity index (χ2n) is 9.50. The van der Waals surface area contributed by atoms with Gasteiger partial charge >= 0.3 is 5.97 Å². The normalized spacial score (nSPS) is 24.3. The van der Waals surface area contributed by atoms with Crippen molar-refractivity contribution in [2.24, 2.45) is 0 Å². The number of halogens is 2. The van der Waals surface area contributed by atoms with Crippen LogP contribution >= 0.6 is 11.3 Å². The summed E-state index contributed by atoms with van der Waals surface area (Å²) in [6.45, 7) is 4.83. The van der Waals surface area contributed by atoms with E-state index in [1.165, 1.54) is 12.3 Å². The average Bonchev–Trinajstić information content (AvgIpc) is 3.22. The molecule has 2 aromatic rings. The van der Waals surface area contributed by atoms with Crippen molar-refractivity contribution in [2.75, 3.05) is 19.7 Å². The Hall–Kier alpha value is -2.43. The first-order valence-electron chi connectivity index (χ1n) is 11.5. The number of esters is 1. The SMILES string of the molecule is CCOC(=O)CC1(NC(=O)c2ncc(-c3ccc(F)cc3F)s2)CN(C2CCC(C)(O)CC2)C1. The lowest BCUT2D eigenvalue weighted by atomic mass is 9.78. The number of nitrogens with zero attached hydrogens (tertiary/aromatic N) is 2. The molecule has 2 aliphatic rings. The molecule has 4 rings (SSSR count). The van der Waals surface area contributed by atoms with Gasteiger partial charge in [-0.1, -0.05) is 0 Å². The molecule has 1 aromatic carbocycles. The highest BCUT2D eigenvalue weighted by atomic mass is 32.1. The van der Waals surface area contributed by atoms with Crippen LogP contribution in [0.25, 0.3) is 10.4 Å². The number of aliphatic hydroxyl groups is 1. The van der Waals surface area contributed by atoms with Crippen molar-refractivity contribution in [1.29, 1.82) is 0 Å². The Balaban J connectivity index is 1.45. The molecule has 0 spiro atoms. The van der Waals surface area contributed by atoms with Crippen LogP contribution in [0.1, 0.15) is 55.8 Å². The van der Waals surface area contributed by atoms with Gasteiger partial charge in [-0.25, -0.2) is 13.8 Å². The Morgan fingerprint density at radius 2 is 2.00 bits per heavy atom. The lowest BCUT2D eigenvalue weighted by molar-refractivity contribution is -0.147. The van der Waals surface area contributed by atoms with Crippen molar-refractivity contribution in [3.05, 3.63) is 41.0 Å². The molecule has 7 nitrogen and oxygen atoms in total. The topological polar surface area (TPSA) is 91.8 Å². The van der Waals surface area contributed by atoms with Crippen LogP contribution in [0.3, 0.4) is 0 Å². The zero-order valence-corrected chi connectivity index (χ0v) is 20.1. The standard InChI is InChI=1S/C24H29F2N3O4S/c1-3-33-20(30)11-24(13-29(14-24)16-6-8-23(2,32)9-7-16)28-21(31)22-27-12-19(34-22)17-5-4-15(25)10-18(17)26/h4-5,10,12,16,32H,3,6-9,11,13-14H2,1-2H3,(H,28,31). The van der Waals surface area contributed by atoms with Gasteiger partial charge in [0.2, 0.25) is 0 Å². The van der Waals surface area contributed by atoms with Gasteiger partial charge < -0.3 is 15.2 Å². The second-order valence-corrected chi connectivity index (χ2v) is 10.5. The Kier molecular flexibility index (Phi) is 7.02. The first kappa shape index (κ1) is 24.7. The van der Waals surface area contributed by atoms with Gasteiger partial charge in [0.05, 0.1) is 29.0 Å². The minimum Gasteiger partial charge on any atom is -0.466 e. The first-order valence-corrected chi connectivity index (χ1v) is 12.3. The summed E-state index contributed by atoms with van der Waals surface area (Å²) in [6, 6.07) is 3.55. The molecule has 1 amide bonds. The molecule has 0 bridgehead atoms. The van der Waals surface area contributed by atoms with Gasteiger partial charge in [-0.3, -0.25) is 14.5 Å². The summed E-state index contributed by atoms with van der Waals surface area (Å²) in [6.07, 6.45) is 4.57. The van der Waals surface area contributed by atoms with Gasteiger partial charge in [0, 0.05) is 37.0 Å². The highest BCUT2D eigenvalue weighted by Gasteiger charge is 2.49. The van der Waals surface area contributed by atoms with Crippen molar-refractivity contribution in [2.45, 2.75) is 63.1 Å². The van der Waals surface area contributed by atoms with E-state index in [0.29, 0.717) is 36.9 Å². The van der Waals surface area contributed by atoms with Crippen LogP contribution in [-0.2, 0) is 9.53 Å². The summed E-state index contributed by atoms with van der Waals surface area (Å²) in [7, 11) is 0. The number of carbonyl (C=O) groups excluding carboxylic acids is 2. The van der Waals surface area contributed by atoms with E-state index in [0.717, 1.165) is 36.3 Å². The molecule has 1 aliphatic heterocycles. The number of hydrogen-bond donors (Lipinski definition) is 2. The number of aromatic nitrogens is 1. The number of rotatable bonds is 7.